The SMILES string of the molecule is CCCCN(CCO)C(=O)/C=C/c1ccc(N2CCCS2(=O)=O)cc1. The molecule has 1 saturated heterocycles. The number of amides is 1. The van der Waals surface area contributed by atoms with Crippen LogP contribution in [-0.4, -0.2) is 56.3 Å². The monoisotopic (exact) mass is 366 g/mol. The van der Waals surface area contributed by atoms with E-state index < -0.39 is 10.0 Å². The van der Waals surface area contributed by atoms with Gasteiger partial charge in [0.1, 0.15) is 0 Å². The molecule has 0 aromatic heterocycles. The van der Waals surface area contributed by atoms with E-state index in [1.165, 1.54) is 10.4 Å². The minimum Gasteiger partial charge on any atom is -0.395 e. The molecule has 0 aliphatic carbocycles. The van der Waals surface area contributed by atoms with Gasteiger partial charge in [0.2, 0.25) is 15.9 Å². The first-order valence-corrected chi connectivity index (χ1v) is 10.3. The molecule has 0 bridgehead atoms. The summed E-state index contributed by atoms with van der Waals surface area (Å²) >= 11 is 0. The number of aliphatic hydroxyl groups is 1. The van der Waals surface area contributed by atoms with Crippen molar-refractivity contribution < 1.29 is 18.3 Å². The quantitative estimate of drug-likeness (QED) is 0.713. The Labute approximate surface area is 149 Å². The predicted molar refractivity (Wildman–Crippen MR) is 99.8 cm³/mol. The zero-order valence-electron chi connectivity index (χ0n) is 14.6. The summed E-state index contributed by atoms with van der Waals surface area (Å²) in [6, 6.07) is 7.12. The Hall–Kier alpha value is -1.86. The third kappa shape index (κ3) is 5.31. The lowest BCUT2D eigenvalue weighted by Crippen LogP contribution is -2.33. The molecule has 1 aliphatic heterocycles. The zero-order valence-corrected chi connectivity index (χ0v) is 15.4. The number of sulfonamides is 1. The van der Waals surface area contributed by atoms with E-state index in [0.717, 1.165) is 18.4 Å². The predicted octanol–water partition coefficient (Wildman–Crippen LogP) is 1.86. The Morgan fingerprint density at radius 2 is 2.00 bits per heavy atom. The summed E-state index contributed by atoms with van der Waals surface area (Å²) in [6.07, 6.45) is 5.74. The van der Waals surface area contributed by atoms with E-state index in [0.29, 0.717) is 31.7 Å². The lowest BCUT2D eigenvalue weighted by Gasteiger charge is -2.19. The van der Waals surface area contributed by atoms with E-state index in [-0.39, 0.29) is 18.3 Å². The lowest BCUT2D eigenvalue weighted by molar-refractivity contribution is -0.126. The van der Waals surface area contributed by atoms with Crippen LogP contribution in [0.25, 0.3) is 6.08 Å². The highest BCUT2D eigenvalue weighted by Crippen LogP contribution is 2.24. The maximum absolute atomic E-state index is 12.2. The minimum absolute atomic E-state index is 0.0533. The number of aliphatic hydroxyl groups excluding tert-OH is 1. The van der Waals surface area contributed by atoms with Crippen LogP contribution in [0.1, 0.15) is 31.7 Å². The zero-order chi connectivity index (χ0) is 18.3. The van der Waals surface area contributed by atoms with E-state index >= 15 is 0 Å². The molecule has 0 spiro atoms. The summed E-state index contributed by atoms with van der Waals surface area (Å²) in [7, 11) is -3.17. The summed E-state index contributed by atoms with van der Waals surface area (Å²) < 4.78 is 25.3. The van der Waals surface area contributed by atoms with Gasteiger partial charge < -0.3 is 10.0 Å². The topological polar surface area (TPSA) is 77.9 Å². The normalized spacial score (nSPS) is 16.5. The molecule has 1 aromatic rings. The summed E-state index contributed by atoms with van der Waals surface area (Å²) in [6.45, 7) is 3.48. The molecule has 25 heavy (non-hydrogen) atoms. The summed E-state index contributed by atoms with van der Waals surface area (Å²) in [5.41, 5.74) is 1.49. The van der Waals surface area contributed by atoms with Crippen molar-refractivity contribution in [2.75, 3.05) is 36.3 Å². The molecule has 6 nitrogen and oxygen atoms in total. The van der Waals surface area contributed by atoms with Gasteiger partial charge in [-0.2, -0.15) is 0 Å². The molecule has 0 radical (unpaired) electrons. The largest absolute Gasteiger partial charge is 0.395 e. The van der Waals surface area contributed by atoms with Crippen LogP contribution >= 0.6 is 0 Å². The van der Waals surface area contributed by atoms with Crippen molar-refractivity contribution in [3.63, 3.8) is 0 Å². The van der Waals surface area contributed by atoms with Crippen LogP contribution in [0.15, 0.2) is 30.3 Å². The Bertz CT molecular complexity index is 698. The van der Waals surface area contributed by atoms with Crippen molar-refractivity contribution in [1.82, 2.24) is 4.90 Å². The van der Waals surface area contributed by atoms with Crippen molar-refractivity contribution in [3.8, 4) is 0 Å². The van der Waals surface area contributed by atoms with Crippen molar-refractivity contribution in [2.45, 2.75) is 26.2 Å². The van der Waals surface area contributed by atoms with Gasteiger partial charge in [-0.3, -0.25) is 9.10 Å². The van der Waals surface area contributed by atoms with Crippen LogP contribution in [0.3, 0.4) is 0 Å². The standard InChI is InChI=1S/C18H26N2O4S/c1-2-3-11-19(13-14-21)18(22)10-7-16-5-8-17(9-6-16)20-12-4-15-25(20,23)24/h5-10,21H,2-4,11-15H2,1H3/b10-7+. The van der Waals surface area contributed by atoms with Crippen molar-refractivity contribution in [1.29, 1.82) is 0 Å². The van der Waals surface area contributed by atoms with Gasteiger partial charge in [-0.25, -0.2) is 8.42 Å². The number of benzene rings is 1. The number of hydrogen-bond donors (Lipinski definition) is 1. The highest BCUT2D eigenvalue weighted by atomic mass is 32.2. The molecule has 1 heterocycles. The first kappa shape index (κ1) is 19.5. The van der Waals surface area contributed by atoms with Crippen LogP contribution in [0.4, 0.5) is 5.69 Å². The van der Waals surface area contributed by atoms with Gasteiger partial charge in [0, 0.05) is 25.7 Å². The second kappa shape index (κ2) is 9.01. The molecular formula is C18H26N2O4S. The number of hydrogen-bond acceptors (Lipinski definition) is 4. The van der Waals surface area contributed by atoms with E-state index in [4.69, 9.17) is 5.11 Å². The summed E-state index contributed by atoms with van der Waals surface area (Å²) in [5.74, 6) is 0.0652. The first-order chi connectivity index (χ1) is 12.0. The van der Waals surface area contributed by atoms with Gasteiger partial charge in [-0.15, -0.1) is 0 Å². The highest BCUT2D eigenvalue weighted by Gasteiger charge is 2.28. The van der Waals surface area contributed by atoms with Crippen LogP contribution in [0.2, 0.25) is 0 Å². The van der Waals surface area contributed by atoms with Crippen molar-refractivity contribution >= 4 is 27.7 Å². The second-order valence-corrected chi connectivity index (χ2v) is 8.08. The van der Waals surface area contributed by atoms with Crippen molar-refractivity contribution in [3.05, 3.63) is 35.9 Å². The van der Waals surface area contributed by atoms with E-state index in [1.807, 2.05) is 0 Å². The Morgan fingerprint density at radius 1 is 1.28 bits per heavy atom. The maximum Gasteiger partial charge on any atom is 0.246 e. The van der Waals surface area contributed by atoms with Gasteiger partial charge >= 0.3 is 0 Å². The third-order valence-electron chi connectivity index (χ3n) is 4.16. The molecule has 1 aromatic carbocycles. The molecule has 1 N–H and O–H groups in total. The van der Waals surface area contributed by atoms with Gasteiger partial charge in [-0.05, 0) is 36.6 Å². The number of unbranched alkanes of at least 4 members (excludes halogenated alkanes) is 1. The molecular weight excluding hydrogens is 340 g/mol. The van der Waals surface area contributed by atoms with Crippen LogP contribution < -0.4 is 4.31 Å². The Balaban J connectivity index is 2.02. The van der Waals surface area contributed by atoms with E-state index in [1.54, 1.807) is 35.2 Å². The lowest BCUT2D eigenvalue weighted by atomic mass is 10.2. The number of carbonyl (C=O) groups excluding carboxylic acids is 1. The number of nitrogens with zero attached hydrogens (tertiary/aromatic N) is 2. The maximum atomic E-state index is 12.2. The fourth-order valence-corrected chi connectivity index (χ4v) is 4.32. The van der Waals surface area contributed by atoms with Crippen LogP contribution in [-0.2, 0) is 14.8 Å². The Morgan fingerprint density at radius 3 is 2.56 bits per heavy atom. The van der Waals surface area contributed by atoms with E-state index in [2.05, 4.69) is 6.92 Å². The van der Waals surface area contributed by atoms with Crippen LogP contribution in [0, 0.1) is 0 Å². The highest BCUT2D eigenvalue weighted by molar-refractivity contribution is 7.93. The molecule has 0 unspecified atom stereocenters. The summed E-state index contributed by atoms with van der Waals surface area (Å²) in [4.78, 5) is 13.8. The van der Waals surface area contributed by atoms with Gasteiger partial charge in [0.25, 0.3) is 0 Å². The molecule has 1 aliphatic rings. The minimum atomic E-state index is -3.17. The average Bonchev–Trinajstić information content (AvgIpc) is 2.96. The molecule has 2 rings (SSSR count). The van der Waals surface area contributed by atoms with Gasteiger partial charge in [0.15, 0.2) is 0 Å². The fraction of sp³-hybridized carbons (Fsp3) is 0.500. The van der Waals surface area contributed by atoms with Crippen LogP contribution in [0.5, 0.6) is 0 Å². The molecule has 0 atom stereocenters. The molecule has 1 fully saturated rings. The van der Waals surface area contributed by atoms with Crippen molar-refractivity contribution in [2.24, 2.45) is 0 Å². The van der Waals surface area contributed by atoms with Gasteiger partial charge in [-0.1, -0.05) is 25.5 Å². The first-order valence-electron chi connectivity index (χ1n) is 8.66. The second-order valence-electron chi connectivity index (χ2n) is 6.07. The smallest absolute Gasteiger partial charge is 0.246 e. The average molecular weight is 366 g/mol. The number of anilines is 1. The fourth-order valence-electron chi connectivity index (χ4n) is 2.76. The number of carbonyl (C=O) groups is 1. The molecule has 138 valence electrons. The Kier molecular flexibility index (Phi) is 7.01. The van der Waals surface area contributed by atoms with E-state index in [9.17, 15) is 13.2 Å². The number of rotatable bonds is 8. The third-order valence-corrected chi connectivity index (χ3v) is 6.03. The van der Waals surface area contributed by atoms with Gasteiger partial charge in [0.05, 0.1) is 18.0 Å². The molecule has 1 amide bonds. The molecule has 0 saturated carbocycles. The summed E-state index contributed by atoms with van der Waals surface area (Å²) in [5, 5.41) is 9.08. The molecule has 7 heteroatoms.